The monoisotopic (exact) mass is 349 g/mol. The molecular weight excluding hydrogens is 333 g/mol. The molecule has 1 aromatic rings. The Morgan fingerprint density at radius 1 is 1.33 bits per heavy atom. The van der Waals surface area contributed by atoms with Crippen molar-refractivity contribution in [3.05, 3.63) is 33.8 Å². The van der Waals surface area contributed by atoms with Crippen molar-refractivity contribution in [2.24, 2.45) is 5.92 Å². The highest BCUT2D eigenvalue weighted by Gasteiger charge is 2.29. The second-order valence-electron chi connectivity index (χ2n) is 5.31. The Balaban J connectivity index is 1.74. The number of benzene rings is 1. The second-order valence-corrected chi connectivity index (χ2v) is 8.38. The molecule has 1 aliphatic rings. The van der Waals surface area contributed by atoms with Gasteiger partial charge in [-0.1, -0.05) is 29.3 Å². The van der Waals surface area contributed by atoms with Crippen LogP contribution in [-0.4, -0.2) is 32.4 Å². The highest BCUT2D eigenvalue weighted by Crippen LogP contribution is 2.22. The number of nitrogens with one attached hydrogen (secondary N) is 1. The van der Waals surface area contributed by atoms with Crippen molar-refractivity contribution in [2.45, 2.75) is 19.3 Å². The fourth-order valence-corrected chi connectivity index (χ4v) is 4.79. The van der Waals surface area contributed by atoms with Gasteiger partial charge < -0.3 is 5.32 Å². The third-order valence-corrected chi connectivity index (χ3v) is 5.96. The Morgan fingerprint density at radius 3 is 2.71 bits per heavy atom. The minimum atomic E-state index is -2.92. The molecule has 116 valence electrons. The first-order valence-corrected chi connectivity index (χ1v) is 9.34. The number of rotatable bonds is 5. The molecule has 0 aromatic heterocycles. The minimum Gasteiger partial charge on any atom is -0.356 e. The van der Waals surface area contributed by atoms with Crippen LogP contribution in [0.1, 0.15) is 18.4 Å². The van der Waals surface area contributed by atoms with E-state index in [0.717, 1.165) is 5.56 Å². The van der Waals surface area contributed by atoms with E-state index in [2.05, 4.69) is 5.32 Å². The molecule has 0 saturated carbocycles. The van der Waals surface area contributed by atoms with Crippen LogP contribution in [0.25, 0.3) is 0 Å². The van der Waals surface area contributed by atoms with Crippen LogP contribution in [0.5, 0.6) is 0 Å². The van der Waals surface area contributed by atoms with Crippen molar-refractivity contribution in [1.29, 1.82) is 0 Å². The average molecular weight is 350 g/mol. The van der Waals surface area contributed by atoms with Gasteiger partial charge in [-0.25, -0.2) is 8.42 Å². The summed E-state index contributed by atoms with van der Waals surface area (Å²) in [5.41, 5.74) is 0.921. The highest BCUT2D eigenvalue weighted by molar-refractivity contribution is 7.91. The van der Waals surface area contributed by atoms with E-state index in [0.29, 0.717) is 29.4 Å². The van der Waals surface area contributed by atoms with E-state index in [4.69, 9.17) is 23.2 Å². The third kappa shape index (κ3) is 5.16. The van der Waals surface area contributed by atoms with E-state index in [9.17, 15) is 13.2 Å². The van der Waals surface area contributed by atoms with Gasteiger partial charge in [0.25, 0.3) is 0 Å². The van der Waals surface area contributed by atoms with E-state index in [-0.39, 0.29) is 29.8 Å². The summed E-state index contributed by atoms with van der Waals surface area (Å²) >= 11 is 11.9. The normalized spacial score (nSPS) is 20.4. The van der Waals surface area contributed by atoms with E-state index >= 15 is 0 Å². The molecule has 1 atom stereocenters. The number of carbonyl (C=O) groups is 1. The molecule has 1 fully saturated rings. The number of halogens is 2. The maximum atomic E-state index is 11.8. The maximum absolute atomic E-state index is 11.8. The zero-order valence-electron chi connectivity index (χ0n) is 11.4. The molecule has 0 spiro atoms. The van der Waals surface area contributed by atoms with Gasteiger partial charge in [0.2, 0.25) is 5.91 Å². The number of hydrogen-bond acceptors (Lipinski definition) is 3. The summed E-state index contributed by atoms with van der Waals surface area (Å²) < 4.78 is 22.7. The topological polar surface area (TPSA) is 63.2 Å². The zero-order valence-corrected chi connectivity index (χ0v) is 13.8. The van der Waals surface area contributed by atoms with Gasteiger partial charge in [-0.3, -0.25) is 4.79 Å². The molecule has 0 aliphatic carbocycles. The molecular formula is C14H17Cl2NO3S. The molecule has 0 bridgehead atoms. The van der Waals surface area contributed by atoms with Crippen molar-refractivity contribution in [3.8, 4) is 0 Å². The Kier molecular flexibility index (Phi) is 5.52. The van der Waals surface area contributed by atoms with Gasteiger partial charge >= 0.3 is 0 Å². The quantitative estimate of drug-likeness (QED) is 0.887. The fourth-order valence-electron chi connectivity index (χ4n) is 2.43. The summed E-state index contributed by atoms with van der Waals surface area (Å²) in [6.07, 6.45) is 1.47. The minimum absolute atomic E-state index is 0.0471. The van der Waals surface area contributed by atoms with Crippen molar-refractivity contribution in [3.63, 3.8) is 0 Å². The van der Waals surface area contributed by atoms with Gasteiger partial charge in [0.05, 0.1) is 11.5 Å². The van der Waals surface area contributed by atoms with E-state index < -0.39 is 9.84 Å². The predicted octanol–water partition coefficient (Wildman–Crippen LogP) is 2.48. The molecule has 7 heteroatoms. The largest absolute Gasteiger partial charge is 0.356 e. The molecule has 0 unspecified atom stereocenters. The van der Waals surface area contributed by atoms with Gasteiger partial charge in [0, 0.05) is 23.0 Å². The number of sulfone groups is 1. The first kappa shape index (κ1) is 16.6. The fraction of sp³-hybridized carbons (Fsp3) is 0.500. The summed E-state index contributed by atoms with van der Waals surface area (Å²) in [7, 11) is -2.92. The zero-order chi connectivity index (χ0) is 15.5. The van der Waals surface area contributed by atoms with Crippen molar-refractivity contribution >= 4 is 38.9 Å². The standard InChI is InChI=1S/C14H17Cl2NO3S/c15-12-2-1-11(13(16)8-12)3-5-17-14(18)7-10-4-6-21(19,20)9-10/h1-2,8,10H,3-7,9H2,(H,17,18)/t10-/m0/s1. The summed E-state index contributed by atoms with van der Waals surface area (Å²) in [6, 6.07) is 5.26. The summed E-state index contributed by atoms with van der Waals surface area (Å²) in [5.74, 6) is 0.172. The summed E-state index contributed by atoms with van der Waals surface area (Å²) in [4.78, 5) is 11.8. The van der Waals surface area contributed by atoms with E-state index in [1.54, 1.807) is 12.1 Å². The molecule has 1 heterocycles. The van der Waals surface area contributed by atoms with Crippen molar-refractivity contribution in [1.82, 2.24) is 5.32 Å². The van der Waals surface area contributed by atoms with Crippen LogP contribution in [0.15, 0.2) is 18.2 Å². The second kappa shape index (κ2) is 6.99. The van der Waals surface area contributed by atoms with Gasteiger partial charge in [-0.15, -0.1) is 0 Å². The molecule has 1 amide bonds. The Hall–Kier alpha value is -0.780. The highest BCUT2D eigenvalue weighted by atomic mass is 35.5. The number of hydrogen-bond donors (Lipinski definition) is 1. The van der Waals surface area contributed by atoms with Crippen LogP contribution in [0.3, 0.4) is 0 Å². The van der Waals surface area contributed by atoms with Crippen LogP contribution in [0, 0.1) is 5.92 Å². The molecule has 1 aromatic carbocycles. The van der Waals surface area contributed by atoms with Gasteiger partial charge in [0.1, 0.15) is 0 Å². The maximum Gasteiger partial charge on any atom is 0.220 e. The third-order valence-electron chi connectivity index (χ3n) is 3.53. The molecule has 0 radical (unpaired) electrons. The first-order valence-electron chi connectivity index (χ1n) is 6.77. The van der Waals surface area contributed by atoms with Crippen LogP contribution in [0.4, 0.5) is 0 Å². The van der Waals surface area contributed by atoms with Crippen LogP contribution < -0.4 is 5.32 Å². The number of carbonyl (C=O) groups excluding carboxylic acids is 1. The lowest BCUT2D eigenvalue weighted by Gasteiger charge is -2.09. The van der Waals surface area contributed by atoms with Crippen LogP contribution in [0.2, 0.25) is 10.0 Å². The van der Waals surface area contributed by atoms with Gasteiger partial charge in [0.15, 0.2) is 9.84 Å². The van der Waals surface area contributed by atoms with Crippen LogP contribution >= 0.6 is 23.2 Å². The summed E-state index contributed by atoms with van der Waals surface area (Å²) in [6.45, 7) is 0.472. The SMILES string of the molecule is O=C(C[C@@H]1CCS(=O)(=O)C1)NCCc1ccc(Cl)cc1Cl. The predicted molar refractivity (Wildman–Crippen MR) is 84.6 cm³/mol. The number of amides is 1. The van der Waals surface area contributed by atoms with Crippen LogP contribution in [-0.2, 0) is 21.1 Å². The Morgan fingerprint density at radius 2 is 2.10 bits per heavy atom. The van der Waals surface area contributed by atoms with E-state index in [1.807, 2.05) is 6.07 Å². The smallest absolute Gasteiger partial charge is 0.220 e. The van der Waals surface area contributed by atoms with E-state index in [1.165, 1.54) is 0 Å². The lowest BCUT2D eigenvalue weighted by molar-refractivity contribution is -0.121. The molecule has 4 nitrogen and oxygen atoms in total. The molecule has 21 heavy (non-hydrogen) atoms. The Bertz CT molecular complexity index is 631. The average Bonchev–Trinajstić information content (AvgIpc) is 2.71. The lowest BCUT2D eigenvalue weighted by Crippen LogP contribution is -2.28. The molecule has 1 saturated heterocycles. The lowest BCUT2D eigenvalue weighted by atomic mass is 10.0. The first-order chi connectivity index (χ1) is 9.85. The molecule has 1 aliphatic heterocycles. The van der Waals surface area contributed by atoms with Crippen molar-refractivity contribution in [2.75, 3.05) is 18.1 Å². The van der Waals surface area contributed by atoms with Gasteiger partial charge in [-0.2, -0.15) is 0 Å². The van der Waals surface area contributed by atoms with Crippen molar-refractivity contribution < 1.29 is 13.2 Å². The molecule has 1 N–H and O–H groups in total. The van der Waals surface area contributed by atoms with Gasteiger partial charge in [-0.05, 0) is 36.5 Å². The Labute approximate surface area is 134 Å². The molecule has 2 rings (SSSR count). The summed E-state index contributed by atoms with van der Waals surface area (Å²) in [5, 5.41) is 3.96.